The van der Waals surface area contributed by atoms with Gasteiger partial charge in [-0.3, -0.25) is 0 Å². The average Bonchev–Trinajstić information content (AvgIpc) is 2.15. The van der Waals surface area contributed by atoms with Crippen LogP contribution in [-0.2, 0) is 0 Å². The van der Waals surface area contributed by atoms with Gasteiger partial charge >= 0.3 is 0 Å². The van der Waals surface area contributed by atoms with Gasteiger partial charge in [0.2, 0.25) is 5.95 Å². The molecule has 0 bridgehead atoms. The summed E-state index contributed by atoms with van der Waals surface area (Å²) in [4.78, 5) is 8.24. The molecule has 1 aromatic rings. The van der Waals surface area contributed by atoms with Crippen LogP contribution in [0.5, 0.6) is 0 Å². The van der Waals surface area contributed by atoms with Crippen LogP contribution in [0.4, 0.5) is 5.95 Å². The lowest BCUT2D eigenvalue weighted by atomic mass is 9.67. The van der Waals surface area contributed by atoms with E-state index in [1.54, 1.807) is 0 Å². The number of hydrogen-bond acceptors (Lipinski definition) is 3. The average molecular weight is 240 g/mol. The summed E-state index contributed by atoms with van der Waals surface area (Å²) in [6.07, 6.45) is 4.96. The summed E-state index contributed by atoms with van der Waals surface area (Å²) >= 11 is 5.93. The van der Waals surface area contributed by atoms with Gasteiger partial charge in [0.05, 0.1) is 5.69 Å². The Morgan fingerprint density at radius 3 is 2.75 bits per heavy atom. The third kappa shape index (κ3) is 2.29. The number of nitrogens with two attached hydrogens (primary N) is 1. The highest BCUT2D eigenvalue weighted by Crippen LogP contribution is 2.46. The van der Waals surface area contributed by atoms with Crippen molar-refractivity contribution in [1.82, 2.24) is 9.97 Å². The van der Waals surface area contributed by atoms with E-state index in [2.05, 4.69) is 23.8 Å². The van der Waals surface area contributed by atoms with Crippen LogP contribution in [0.2, 0.25) is 5.15 Å². The molecule has 0 radical (unpaired) electrons. The normalized spacial score (nSPS) is 24.3. The number of rotatable bonds is 1. The van der Waals surface area contributed by atoms with Crippen molar-refractivity contribution in [3.63, 3.8) is 0 Å². The predicted molar refractivity (Wildman–Crippen MR) is 66.4 cm³/mol. The minimum absolute atomic E-state index is 0.280. The highest BCUT2D eigenvalue weighted by molar-refractivity contribution is 6.29. The number of nitrogens with zero attached hydrogens (tertiary/aromatic N) is 2. The number of halogens is 1. The molecule has 1 aliphatic rings. The molecule has 1 saturated carbocycles. The van der Waals surface area contributed by atoms with Gasteiger partial charge in [0.15, 0.2) is 0 Å². The van der Waals surface area contributed by atoms with Gasteiger partial charge in [0.25, 0.3) is 0 Å². The minimum atomic E-state index is 0.280. The third-order valence-corrected chi connectivity index (χ3v) is 3.79. The van der Waals surface area contributed by atoms with E-state index in [-0.39, 0.29) is 11.4 Å². The maximum Gasteiger partial charge on any atom is 0.221 e. The first kappa shape index (κ1) is 11.6. The molecule has 1 aromatic heterocycles. The van der Waals surface area contributed by atoms with Crippen molar-refractivity contribution in [2.24, 2.45) is 5.41 Å². The molecule has 1 unspecified atom stereocenters. The van der Waals surface area contributed by atoms with E-state index in [1.807, 2.05) is 6.07 Å². The molecule has 4 heteroatoms. The van der Waals surface area contributed by atoms with Crippen molar-refractivity contribution >= 4 is 17.5 Å². The van der Waals surface area contributed by atoms with Crippen molar-refractivity contribution in [1.29, 1.82) is 0 Å². The molecule has 3 nitrogen and oxygen atoms in total. The first-order chi connectivity index (χ1) is 7.49. The van der Waals surface area contributed by atoms with Gasteiger partial charge in [-0.1, -0.05) is 38.3 Å². The van der Waals surface area contributed by atoms with Crippen LogP contribution < -0.4 is 5.73 Å². The summed E-state index contributed by atoms with van der Waals surface area (Å²) < 4.78 is 0. The summed E-state index contributed by atoms with van der Waals surface area (Å²) in [7, 11) is 0. The molecule has 0 aromatic carbocycles. The second-order valence-electron chi connectivity index (χ2n) is 5.26. The van der Waals surface area contributed by atoms with Crippen LogP contribution in [0.1, 0.15) is 51.1 Å². The van der Waals surface area contributed by atoms with Crippen LogP contribution in [0.25, 0.3) is 0 Å². The van der Waals surface area contributed by atoms with Crippen molar-refractivity contribution in [2.75, 3.05) is 5.73 Å². The number of nitrogen functional groups attached to an aromatic ring is 1. The SMILES string of the molecule is CC1(C)CCCCC1c1cc(Cl)nc(N)n1. The maximum atomic E-state index is 5.93. The standard InChI is InChI=1S/C12H18ClN3/c1-12(2)6-4-3-5-8(12)9-7-10(13)16-11(14)15-9/h7-8H,3-6H2,1-2H3,(H2,14,15,16). The smallest absolute Gasteiger partial charge is 0.221 e. The summed E-state index contributed by atoms with van der Waals surface area (Å²) in [5.74, 6) is 0.730. The quantitative estimate of drug-likeness (QED) is 0.765. The highest BCUT2D eigenvalue weighted by Gasteiger charge is 2.34. The Morgan fingerprint density at radius 2 is 2.12 bits per heavy atom. The lowest BCUT2D eigenvalue weighted by Crippen LogP contribution is -2.27. The summed E-state index contributed by atoms with van der Waals surface area (Å²) in [6, 6.07) is 1.86. The molecule has 0 spiro atoms. The molecule has 0 amide bonds. The molecule has 1 aliphatic carbocycles. The molecule has 1 fully saturated rings. The van der Waals surface area contributed by atoms with Gasteiger partial charge in [0.1, 0.15) is 5.15 Å². The van der Waals surface area contributed by atoms with E-state index in [9.17, 15) is 0 Å². The molecule has 16 heavy (non-hydrogen) atoms. The van der Waals surface area contributed by atoms with E-state index in [4.69, 9.17) is 17.3 Å². The Bertz CT molecular complexity index is 370. The summed E-state index contributed by atoms with van der Waals surface area (Å²) in [5, 5.41) is 0.448. The van der Waals surface area contributed by atoms with Crippen molar-refractivity contribution in [2.45, 2.75) is 45.4 Å². The zero-order chi connectivity index (χ0) is 11.8. The first-order valence-electron chi connectivity index (χ1n) is 5.79. The van der Waals surface area contributed by atoms with E-state index in [0.717, 1.165) is 5.69 Å². The van der Waals surface area contributed by atoms with Gasteiger partial charge in [-0.2, -0.15) is 0 Å². The molecule has 1 heterocycles. The fourth-order valence-corrected chi connectivity index (χ4v) is 2.87. The Hall–Kier alpha value is -0.830. The second-order valence-corrected chi connectivity index (χ2v) is 5.65. The van der Waals surface area contributed by atoms with Crippen LogP contribution >= 0.6 is 11.6 Å². The van der Waals surface area contributed by atoms with Crippen LogP contribution in [0, 0.1) is 5.41 Å². The molecule has 88 valence electrons. The lowest BCUT2D eigenvalue weighted by Gasteiger charge is -2.38. The number of anilines is 1. The summed E-state index contributed by atoms with van der Waals surface area (Å²) in [5.41, 5.74) is 6.93. The van der Waals surface area contributed by atoms with Gasteiger partial charge in [0, 0.05) is 5.92 Å². The van der Waals surface area contributed by atoms with Crippen molar-refractivity contribution < 1.29 is 0 Å². The zero-order valence-electron chi connectivity index (χ0n) is 9.83. The largest absolute Gasteiger partial charge is 0.368 e. The fraction of sp³-hybridized carbons (Fsp3) is 0.667. The van der Waals surface area contributed by atoms with Crippen LogP contribution in [0.3, 0.4) is 0 Å². The number of aromatic nitrogens is 2. The molecule has 0 aliphatic heterocycles. The molecular formula is C12H18ClN3. The molecular weight excluding hydrogens is 222 g/mol. The zero-order valence-corrected chi connectivity index (χ0v) is 10.6. The maximum absolute atomic E-state index is 5.93. The van der Waals surface area contributed by atoms with Gasteiger partial charge in [-0.25, -0.2) is 9.97 Å². The van der Waals surface area contributed by atoms with Crippen molar-refractivity contribution in [3.05, 3.63) is 16.9 Å². The lowest BCUT2D eigenvalue weighted by molar-refractivity contribution is 0.196. The minimum Gasteiger partial charge on any atom is -0.368 e. The van der Waals surface area contributed by atoms with Crippen LogP contribution in [0.15, 0.2) is 6.07 Å². The highest BCUT2D eigenvalue weighted by atomic mass is 35.5. The van der Waals surface area contributed by atoms with E-state index >= 15 is 0 Å². The second kappa shape index (κ2) is 4.21. The first-order valence-corrected chi connectivity index (χ1v) is 6.17. The Labute approximate surface area is 101 Å². The summed E-state index contributed by atoms with van der Waals surface area (Å²) in [6.45, 7) is 4.59. The topological polar surface area (TPSA) is 51.8 Å². The number of hydrogen-bond donors (Lipinski definition) is 1. The Kier molecular flexibility index (Phi) is 3.06. The molecule has 2 rings (SSSR count). The van der Waals surface area contributed by atoms with Gasteiger partial charge < -0.3 is 5.73 Å². The van der Waals surface area contributed by atoms with E-state index in [0.29, 0.717) is 11.1 Å². The van der Waals surface area contributed by atoms with Gasteiger partial charge in [-0.15, -0.1) is 0 Å². The monoisotopic (exact) mass is 239 g/mol. The fourth-order valence-electron chi connectivity index (χ4n) is 2.67. The Balaban J connectivity index is 2.34. The Morgan fingerprint density at radius 1 is 1.38 bits per heavy atom. The van der Waals surface area contributed by atoms with Crippen LogP contribution in [-0.4, -0.2) is 9.97 Å². The molecule has 2 N–H and O–H groups in total. The predicted octanol–water partition coefficient (Wildman–Crippen LogP) is 3.40. The van der Waals surface area contributed by atoms with Crippen molar-refractivity contribution in [3.8, 4) is 0 Å². The molecule has 0 saturated heterocycles. The third-order valence-electron chi connectivity index (χ3n) is 3.60. The molecule has 1 atom stereocenters. The van der Waals surface area contributed by atoms with E-state index < -0.39 is 0 Å². The van der Waals surface area contributed by atoms with E-state index in [1.165, 1.54) is 25.7 Å². The van der Waals surface area contributed by atoms with Gasteiger partial charge in [-0.05, 0) is 24.3 Å².